The predicted molar refractivity (Wildman–Crippen MR) is 101 cm³/mol. The van der Waals surface area contributed by atoms with Crippen LogP contribution in [-0.2, 0) is 5.41 Å². The molecule has 0 atom stereocenters. The second-order valence-electron chi connectivity index (χ2n) is 6.41. The molecule has 0 saturated carbocycles. The molecule has 0 amide bonds. The Morgan fingerprint density at radius 2 is 1.88 bits per heavy atom. The van der Waals surface area contributed by atoms with Gasteiger partial charge in [-0.15, -0.1) is 0 Å². The van der Waals surface area contributed by atoms with E-state index in [9.17, 15) is 5.26 Å². The van der Waals surface area contributed by atoms with E-state index >= 15 is 0 Å². The highest BCUT2D eigenvalue weighted by Crippen LogP contribution is 2.33. The minimum atomic E-state index is -0.520. The van der Waals surface area contributed by atoms with E-state index < -0.39 is 5.41 Å². The Labute approximate surface area is 147 Å². The van der Waals surface area contributed by atoms with Gasteiger partial charge in [0, 0.05) is 11.1 Å². The average Bonchev–Trinajstić information content (AvgIpc) is 2.64. The zero-order valence-electron chi connectivity index (χ0n) is 14.5. The molecule has 5 heteroatoms. The summed E-state index contributed by atoms with van der Waals surface area (Å²) in [6.45, 7) is 3.80. The van der Waals surface area contributed by atoms with Crippen molar-refractivity contribution in [1.29, 1.82) is 5.26 Å². The third-order valence-electron chi connectivity index (χ3n) is 4.26. The number of hydrogen-bond acceptors (Lipinski definition) is 5. The van der Waals surface area contributed by atoms with Crippen molar-refractivity contribution in [2.75, 3.05) is 18.2 Å². The highest BCUT2D eigenvalue weighted by atomic mass is 16.5. The quantitative estimate of drug-likeness (QED) is 0.741. The average molecular weight is 332 g/mol. The van der Waals surface area contributed by atoms with Gasteiger partial charge >= 0.3 is 0 Å². The van der Waals surface area contributed by atoms with E-state index in [2.05, 4.69) is 16.4 Å². The van der Waals surface area contributed by atoms with Crippen molar-refractivity contribution in [3.63, 3.8) is 0 Å². The molecule has 0 spiro atoms. The SMILES string of the molecule is COc1ccc2ncc(N)c(Nc3ccc(C(C)(C)C#N)cc3)c2c1. The first-order valence-electron chi connectivity index (χ1n) is 7.95. The van der Waals surface area contributed by atoms with Gasteiger partial charge in [0.15, 0.2) is 0 Å². The zero-order valence-corrected chi connectivity index (χ0v) is 14.5. The van der Waals surface area contributed by atoms with E-state index in [-0.39, 0.29) is 0 Å². The first-order valence-corrected chi connectivity index (χ1v) is 7.95. The van der Waals surface area contributed by atoms with Crippen LogP contribution in [0.2, 0.25) is 0 Å². The van der Waals surface area contributed by atoms with E-state index in [1.807, 2.05) is 56.3 Å². The van der Waals surface area contributed by atoms with Crippen LogP contribution in [0.4, 0.5) is 17.1 Å². The summed E-state index contributed by atoms with van der Waals surface area (Å²) in [5.74, 6) is 0.745. The van der Waals surface area contributed by atoms with Crippen LogP contribution in [0.15, 0.2) is 48.7 Å². The number of rotatable bonds is 4. The lowest BCUT2D eigenvalue weighted by Crippen LogP contribution is -2.13. The van der Waals surface area contributed by atoms with E-state index in [0.29, 0.717) is 5.69 Å². The van der Waals surface area contributed by atoms with Gasteiger partial charge in [-0.25, -0.2) is 0 Å². The summed E-state index contributed by atoms with van der Waals surface area (Å²) in [5, 5.41) is 13.5. The maximum Gasteiger partial charge on any atom is 0.119 e. The Morgan fingerprint density at radius 1 is 1.16 bits per heavy atom. The molecule has 25 heavy (non-hydrogen) atoms. The number of hydrogen-bond donors (Lipinski definition) is 2. The first kappa shape index (κ1) is 16.6. The van der Waals surface area contributed by atoms with Crippen LogP contribution in [-0.4, -0.2) is 12.1 Å². The summed E-state index contributed by atoms with van der Waals surface area (Å²) in [5.41, 5.74) is 9.65. The molecular weight excluding hydrogens is 312 g/mol. The van der Waals surface area contributed by atoms with Crippen molar-refractivity contribution < 1.29 is 4.74 Å². The van der Waals surface area contributed by atoms with Crippen molar-refractivity contribution in [3.8, 4) is 11.8 Å². The van der Waals surface area contributed by atoms with Gasteiger partial charge in [-0.2, -0.15) is 5.26 Å². The number of pyridine rings is 1. The summed E-state index contributed by atoms with van der Waals surface area (Å²) in [4.78, 5) is 4.36. The van der Waals surface area contributed by atoms with E-state index in [1.165, 1.54) is 0 Å². The Morgan fingerprint density at radius 3 is 2.52 bits per heavy atom. The van der Waals surface area contributed by atoms with Crippen LogP contribution < -0.4 is 15.8 Å². The Hall–Kier alpha value is -3.26. The smallest absolute Gasteiger partial charge is 0.119 e. The summed E-state index contributed by atoms with van der Waals surface area (Å²) in [6, 6.07) is 15.8. The summed E-state index contributed by atoms with van der Waals surface area (Å²) < 4.78 is 5.31. The largest absolute Gasteiger partial charge is 0.497 e. The molecule has 0 unspecified atom stereocenters. The van der Waals surface area contributed by atoms with E-state index in [4.69, 9.17) is 10.5 Å². The minimum absolute atomic E-state index is 0.520. The Kier molecular flexibility index (Phi) is 4.20. The van der Waals surface area contributed by atoms with Gasteiger partial charge in [0.1, 0.15) is 5.75 Å². The van der Waals surface area contributed by atoms with Gasteiger partial charge in [-0.1, -0.05) is 12.1 Å². The molecule has 0 aliphatic carbocycles. The van der Waals surface area contributed by atoms with Crippen LogP contribution >= 0.6 is 0 Å². The van der Waals surface area contributed by atoms with Gasteiger partial charge in [0.25, 0.3) is 0 Å². The fraction of sp³-hybridized carbons (Fsp3) is 0.200. The lowest BCUT2D eigenvalue weighted by molar-refractivity contribution is 0.415. The normalized spacial score (nSPS) is 11.1. The number of nitrogens with two attached hydrogens (primary N) is 1. The molecule has 5 nitrogen and oxygen atoms in total. The first-order chi connectivity index (χ1) is 11.9. The fourth-order valence-corrected chi connectivity index (χ4v) is 2.63. The lowest BCUT2D eigenvalue weighted by Gasteiger charge is -2.17. The molecular formula is C20H20N4O. The number of nitrogens with zero attached hydrogens (tertiary/aromatic N) is 2. The maximum absolute atomic E-state index is 9.26. The second-order valence-corrected chi connectivity index (χ2v) is 6.41. The second kappa shape index (κ2) is 6.33. The van der Waals surface area contributed by atoms with Crippen molar-refractivity contribution in [2.45, 2.75) is 19.3 Å². The summed E-state index contributed by atoms with van der Waals surface area (Å²) >= 11 is 0. The zero-order chi connectivity index (χ0) is 18.0. The van der Waals surface area contributed by atoms with Gasteiger partial charge in [0.05, 0.1) is 41.7 Å². The van der Waals surface area contributed by atoms with Crippen LogP contribution in [0.1, 0.15) is 19.4 Å². The molecule has 1 heterocycles. The van der Waals surface area contributed by atoms with Gasteiger partial charge < -0.3 is 15.8 Å². The number of aromatic nitrogens is 1. The molecule has 3 N–H and O–H groups in total. The molecule has 2 aromatic carbocycles. The lowest BCUT2D eigenvalue weighted by atomic mass is 9.86. The molecule has 0 aliphatic rings. The number of anilines is 3. The number of methoxy groups -OCH3 is 1. The maximum atomic E-state index is 9.26. The Bertz CT molecular complexity index is 956. The molecule has 0 aliphatic heterocycles. The third kappa shape index (κ3) is 3.20. The Balaban J connectivity index is 2.00. The number of nitrogen functional groups attached to an aromatic ring is 1. The fourth-order valence-electron chi connectivity index (χ4n) is 2.63. The molecule has 3 rings (SSSR count). The number of nitrogens with one attached hydrogen (secondary N) is 1. The highest BCUT2D eigenvalue weighted by Gasteiger charge is 2.19. The van der Waals surface area contributed by atoms with Crippen LogP contribution in [0.3, 0.4) is 0 Å². The van der Waals surface area contributed by atoms with E-state index in [0.717, 1.165) is 33.6 Å². The number of ether oxygens (including phenoxy) is 1. The van der Waals surface area contributed by atoms with Crippen LogP contribution in [0, 0.1) is 11.3 Å². The summed E-state index contributed by atoms with van der Waals surface area (Å²) in [7, 11) is 1.63. The van der Waals surface area contributed by atoms with Crippen molar-refractivity contribution >= 4 is 28.0 Å². The molecule has 0 radical (unpaired) electrons. The summed E-state index contributed by atoms with van der Waals surface area (Å²) in [6.07, 6.45) is 1.64. The topological polar surface area (TPSA) is 84.0 Å². The van der Waals surface area contributed by atoms with Crippen LogP contribution in [0.5, 0.6) is 5.75 Å². The number of nitriles is 1. The van der Waals surface area contributed by atoms with E-state index in [1.54, 1.807) is 13.3 Å². The number of benzene rings is 2. The van der Waals surface area contributed by atoms with Crippen molar-refractivity contribution in [1.82, 2.24) is 4.98 Å². The molecule has 0 fully saturated rings. The highest BCUT2D eigenvalue weighted by molar-refractivity contribution is 5.99. The molecule has 0 bridgehead atoms. The molecule has 1 aromatic heterocycles. The molecule has 126 valence electrons. The van der Waals surface area contributed by atoms with Gasteiger partial charge in [0.2, 0.25) is 0 Å². The third-order valence-corrected chi connectivity index (χ3v) is 4.26. The predicted octanol–water partition coefficient (Wildman–Crippen LogP) is 4.37. The molecule has 0 saturated heterocycles. The monoisotopic (exact) mass is 332 g/mol. The minimum Gasteiger partial charge on any atom is -0.497 e. The standard InChI is InChI=1S/C20H20N4O/c1-20(2,12-21)13-4-6-14(7-5-13)24-19-16-10-15(25-3)8-9-18(16)23-11-17(19)22/h4-11H,22H2,1-3H3,(H,23,24). The van der Waals surface area contributed by atoms with Gasteiger partial charge in [-0.3, -0.25) is 4.98 Å². The number of fused-ring (bicyclic) bond motifs is 1. The van der Waals surface area contributed by atoms with Crippen molar-refractivity contribution in [3.05, 3.63) is 54.2 Å². The van der Waals surface area contributed by atoms with Gasteiger partial charge in [-0.05, 0) is 49.7 Å². The van der Waals surface area contributed by atoms with Crippen LogP contribution in [0.25, 0.3) is 10.9 Å². The van der Waals surface area contributed by atoms with Crippen molar-refractivity contribution in [2.24, 2.45) is 0 Å². The molecule has 3 aromatic rings.